The van der Waals surface area contributed by atoms with Crippen LogP contribution in [0.2, 0.25) is 0 Å². The summed E-state index contributed by atoms with van der Waals surface area (Å²) in [6, 6.07) is 11.9. The van der Waals surface area contributed by atoms with Crippen LogP contribution >= 0.6 is 0 Å². The first-order valence-corrected chi connectivity index (χ1v) is 7.07. The number of aromatic nitrogens is 3. The summed E-state index contributed by atoms with van der Waals surface area (Å²) in [7, 11) is 0. The molecular formula is C17H17N5. The van der Waals surface area contributed by atoms with E-state index in [1.807, 2.05) is 43.3 Å². The Morgan fingerprint density at radius 3 is 2.82 bits per heavy atom. The topological polar surface area (TPSA) is 62.7 Å². The molecule has 0 saturated carbocycles. The number of rotatable bonds is 5. The first-order chi connectivity index (χ1) is 10.8. The van der Waals surface area contributed by atoms with Crippen molar-refractivity contribution in [2.24, 2.45) is 0 Å². The van der Waals surface area contributed by atoms with Gasteiger partial charge in [0.05, 0.1) is 11.2 Å². The summed E-state index contributed by atoms with van der Waals surface area (Å²) < 4.78 is 0. The molecule has 0 fully saturated rings. The van der Waals surface area contributed by atoms with Crippen LogP contribution in [0.25, 0.3) is 10.9 Å². The van der Waals surface area contributed by atoms with Crippen molar-refractivity contribution in [2.75, 3.05) is 17.2 Å². The van der Waals surface area contributed by atoms with E-state index in [2.05, 4.69) is 32.2 Å². The predicted molar refractivity (Wildman–Crippen MR) is 90.5 cm³/mol. The van der Waals surface area contributed by atoms with E-state index in [1.54, 1.807) is 12.3 Å². The van der Waals surface area contributed by atoms with E-state index in [9.17, 15) is 0 Å². The van der Waals surface area contributed by atoms with Gasteiger partial charge in [-0.25, -0.2) is 9.97 Å². The molecule has 1 aromatic carbocycles. The van der Waals surface area contributed by atoms with Crippen molar-refractivity contribution in [3.63, 3.8) is 0 Å². The molecule has 110 valence electrons. The second kappa shape index (κ2) is 6.22. The van der Waals surface area contributed by atoms with Crippen molar-refractivity contribution in [1.82, 2.24) is 15.0 Å². The highest BCUT2D eigenvalue weighted by Gasteiger charge is 2.05. The fraction of sp³-hybridized carbons (Fsp3) is 0.118. The second-order valence-corrected chi connectivity index (χ2v) is 4.86. The molecule has 3 aromatic rings. The van der Waals surface area contributed by atoms with E-state index in [0.29, 0.717) is 12.4 Å². The molecule has 0 saturated heterocycles. The summed E-state index contributed by atoms with van der Waals surface area (Å²) in [6.07, 6.45) is 3.58. The Balaban J connectivity index is 1.94. The Morgan fingerprint density at radius 1 is 1.14 bits per heavy atom. The van der Waals surface area contributed by atoms with Crippen LogP contribution in [0.1, 0.15) is 5.82 Å². The van der Waals surface area contributed by atoms with Crippen LogP contribution in [0.3, 0.4) is 0 Å². The van der Waals surface area contributed by atoms with Gasteiger partial charge >= 0.3 is 0 Å². The summed E-state index contributed by atoms with van der Waals surface area (Å²) in [5, 5.41) is 7.59. The van der Waals surface area contributed by atoms with Crippen molar-refractivity contribution < 1.29 is 0 Å². The highest BCUT2D eigenvalue weighted by atomic mass is 15.1. The summed E-state index contributed by atoms with van der Waals surface area (Å²) in [5.41, 5.74) is 1.84. The van der Waals surface area contributed by atoms with Gasteiger partial charge in [0.2, 0.25) is 0 Å². The van der Waals surface area contributed by atoms with Crippen molar-refractivity contribution in [3.05, 3.63) is 61.1 Å². The summed E-state index contributed by atoms with van der Waals surface area (Å²) in [4.78, 5) is 13.2. The molecule has 0 aliphatic carbocycles. The monoisotopic (exact) mass is 291 g/mol. The van der Waals surface area contributed by atoms with E-state index in [-0.39, 0.29) is 0 Å². The van der Waals surface area contributed by atoms with Gasteiger partial charge < -0.3 is 10.6 Å². The van der Waals surface area contributed by atoms with Crippen LogP contribution < -0.4 is 10.6 Å². The normalized spacial score (nSPS) is 10.4. The molecule has 22 heavy (non-hydrogen) atoms. The summed E-state index contributed by atoms with van der Waals surface area (Å²) in [6.45, 7) is 6.22. The molecule has 0 atom stereocenters. The molecule has 0 amide bonds. The first-order valence-electron chi connectivity index (χ1n) is 7.07. The lowest BCUT2D eigenvalue weighted by Gasteiger charge is -2.10. The minimum Gasteiger partial charge on any atom is -0.366 e. The number of hydrogen-bond donors (Lipinski definition) is 2. The minimum absolute atomic E-state index is 0.658. The number of nitrogens with zero attached hydrogens (tertiary/aromatic N) is 3. The maximum Gasteiger partial charge on any atom is 0.136 e. The lowest BCUT2D eigenvalue weighted by molar-refractivity contribution is 1.05. The average Bonchev–Trinajstić information content (AvgIpc) is 2.53. The fourth-order valence-electron chi connectivity index (χ4n) is 2.24. The number of nitrogens with one attached hydrogen (secondary N) is 2. The Bertz CT molecular complexity index is 808. The van der Waals surface area contributed by atoms with Crippen LogP contribution in [-0.4, -0.2) is 21.5 Å². The SMILES string of the molecule is C=CCNc1cc(Nc2cccc3cccnc23)nc(C)n1. The van der Waals surface area contributed by atoms with E-state index >= 15 is 0 Å². The Kier molecular flexibility index (Phi) is 3.96. The fourth-order valence-corrected chi connectivity index (χ4v) is 2.24. The van der Waals surface area contributed by atoms with Gasteiger partial charge in [-0.2, -0.15) is 0 Å². The maximum absolute atomic E-state index is 4.44. The highest BCUT2D eigenvalue weighted by Crippen LogP contribution is 2.24. The third-order valence-corrected chi connectivity index (χ3v) is 3.16. The molecule has 2 N–H and O–H groups in total. The average molecular weight is 291 g/mol. The standard InChI is InChI=1S/C17H17N5/c1-3-9-18-15-11-16(21-12(2)20-15)22-14-8-4-6-13-7-5-10-19-17(13)14/h3-8,10-11H,1,9H2,2H3,(H2,18,20,21,22). The number of aryl methyl sites for hydroxylation is 1. The molecule has 2 heterocycles. The lowest BCUT2D eigenvalue weighted by Crippen LogP contribution is -2.04. The van der Waals surface area contributed by atoms with Gasteiger partial charge in [-0.1, -0.05) is 24.3 Å². The smallest absolute Gasteiger partial charge is 0.136 e. The van der Waals surface area contributed by atoms with E-state index in [4.69, 9.17) is 0 Å². The highest BCUT2D eigenvalue weighted by molar-refractivity contribution is 5.91. The summed E-state index contributed by atoms with van der Waals surface area (Å²) >= 11 is 0. The van der Waals surface area contributed by atoms with Crippen molar-refractivity contribution in [1.29, 1.82) is 0 Å². The van der Waals surface area contributed by atoms with E-state index in [0.717, 1.165) is 28.2 Å². The van der Waals surface area contributed by atoms with Gasteiger partial charge in [-0.3, -0.25) is 4.98 Å². The van der Waals surface area contributed by atoms with Gasteiger partial charge in [0.25, 0.3) is 0 Å². The molecular weight excluding hydrogens is 274 g/mol. The van der Waals surface area contributed by atoms with Gasteiger partial charge in [0.1, 0.15) is 17.5 Å². The molecule has 0 spiro atoms. The van der Waals surface area contributed by atoms with Crippen molar-refractivity contribution in [3.8, 4) is 0 Å². The third-order valence-electron chi connectivity index (χ3n) is 3.16. The zero-order chi connectivity index (χ0) is 15.4. The van der Waals surface area contributed by atoms with Crippen LogP contribution in [-0.2, 0) is 0 Å². The van der Waals surface area contributed by atoms with Gasteiger partial charge in [-0.05, 0) is 19.1 Å². The van der Waals surface area contributed by atoms with E-state index in [1.165, 1.54) is 0 Å². The predicted octanol–water partition coefficient (Wildman–Crippen LogP) is 3.67. The van der Waals surface area contributed by atoms with Gasteiger partial charge in [0, 0.05) is 24.2 Å². The first kappa shape index (κ1) is 14.0. The molecule has 0 bridgehead atoms. The zero-order valence-electron chi connectivity index (χ0n) is 12.4. The van der Waals surface area contributed by atoms with Crippen LogP contribution in [0, 0.1) is 6.92 Å². The Labute approximate surface area is 129 Å². The lowest BCUT2D eigenvalue weighted by atomic mass is 10.2. The second-order valence-electron chi connectivity index (χ2n) is 4.86. The minimum atomic E-state index is 0.658. The number of hydrogen-bond acceptors (Lipinski definition) is 5. The molecule has 0 aliphatic rings. The van der Waals surface area contributed by atoms with Crippen LogP contribution in [0.15, 0.2) is 55.3 Å². The summed E-state index contributed by atoms with van der Waals surface area (Å²) in [5.74, 6) is 2.20. The maximum atomic E-state index is 4.44. The van der Waals surface area contributed by atoms with Gasteiger partial charge in [-0.15, -0.1) is 6.58 Å². The molecule has 0 unspecified atom stereocenters. The molecule has 3 rings (SSSR count). The molecule has 0 radical (unpaired) electrons. The number of pyridine rings is 1. The van der Waals surface area contributed by atoms with Gasteiger partial charge in [0.15, 0.2) is 0 Å². The van der Waals surface area contributed by atoms with E-state index < -0.39 is 0 Å². The van der Waals surface area contributed by atoms with Crippen molar-refractivity contribution in [2.45, 2.75) is 6.92 Å². The Morgan fingerprint density at radius 2 is 1.95 bits per heavy atom. The number of fused-ring (bicyclic) bond motifs is 1. The van der Waals surface area contributed by atoms with Crippen molar-refractivity contribution >= 4 is 28.2 Å². The number of anilines is 3. The number of para-hydroxylation sites is 1. The Hall–Kier alpha value is -2.95. The molecule has 0 aliphatic heterocycles. The molecule has 2 aromatic heterocycles. The van der Waals surface area contributed by atoms with Crippen LogP contribution in [0.4, 0.5) is 17.3 Å². The van der Waals surface area contributed by atoms with Crippen LogP contribution in [0.5, 0.6) is 0 Å². The zero-order valence-corrected chi connectivity index (χ0v) is 12.4. The molecule has 5 heteroatoms. The quantitative estimate of drug-likeness (QED) is 0.702. The molecule has 5 nitrogen and oxygen atoms in total. The third kappa shape index (κ3) is 3.03. The number of benzene rings is 1. The largest absolute Gasteiger partial charge is 0.366 e.